The number of fused-ring (bicyclic) bond motifs is 2. The Balaban J connectivity index is 1.13. The van der Waals surface area contributed by atoms with E-state index in [1.54, 1.807) is 7.11 Å². The van der Waals surface area contributed by atoms with Crippen LogP contribution >= 0.6 is 11.3 Å². The summed E-state index contributed by atoms with van der Waals surface area (Å²) < 4.78 is 46.3. The number of carbonyl (C=O) groups is 1. The van der Waals surface area contributed by atoms with Gasteiger partial charge in [-0.2, -0.15) is 23.5 Å². The number of benzene rings is 1. The minimum Gasteiger partial charge on any atom is -0.496 e. The number of piperidine rings is 1. The van der Waals surface area contributed by atoms with Gasteiger partial charge in [0.2, 0.25) is 5.91 Å². The molecule has 4 aromatic rings. The zero-order chi connectivity index (χ0) is 31.0. The number of halogens is 3. The number of nitrogens with zero attached hydrogens (tertiary/aromatic N) is 6. The van der Waals surface area contributed by atoms with Crippen LogP contribution in [0, 0.1) is 11.3 Å². The molecule has 44 heavy (non-hydrogen) atoms. The third kappa shape index (κ3) is 6.43. The van der Waals surface area contributed by atoms with E-state index in [1.165, 1.54) is 12.4 Å². The number of likely N-dealkylation sites (tertiary alicyclic amines) is 1. The molecule has 3 N–H and O–H groups in total. The Hall–Kier alpha value is -3.97. The number of ether oxygens (including phenoxy) is 1. The summed E-state index contributed by atoms with van der Waals surface area (Å²) in [4.78, 5) is 23.2. The highest BCUT2D eigenvalue weighted by Gasteiger charge is 2.30. The molecule has 1 amide bonds. The minimum atomic E-state index is -4.28. The minimum absolute atomic E-state index is 0.113. The van der Waals surface area contributed by atoms with E-state index in [9.17, 15) is 28.4 Å². The molecule has 1 atom stereocenters. The summed E-state index contributed by atoms with van der Waals surface area (Å²) in [6.07, 6.45) is -2.24. The van der Waals surface area contributed by atoms with Gasteiger partial charge in [-0.25, -0.2) is 9.97 Å². The number of piperazine rings is 1. The first-order valence-electron chi connectivity index (χ1n) is 14.2. The SMILES string of the molecule is COc1cc2c(cc1CN1CCC(Nc3ncnc4sc(CC(F)(F)F)cc34)CC1)cc(C#N)n2C[C@H]1CNC(=O)CN1O. The van der Waals surface area contributed by atoms with E-state index in [0.717, 1.165) is 58.8 Å². The second kappa shape index (κ2) is 12.2. The van der Waals surface area contributed by atoms with Crippen LogP contribution in [0.1, 0.15) is 29.0 Å². The van der Waals surface area contributed by atoms with Gasteiger partial charge in [0.05, 0.1) is 30.5 Å². The summed E-state index contributed by atoms with van der Waals surface area (Å²) in [7, 11) is 1.61. The molecular weight excluding hydrogens is 597 g/mol. The quantitative estimate of drug-likeness (QED) is 0.266. The molecular formula is C29H31F3N8O3S. The van der Waals surface area contributed by atoms with Crippen molar-refractivity contribution < 1.29 is 27.9 Å². The molecule has 0 saturated carbocycles. The summed E-state index contributed by atoms with van der Waals surface area (Å²) in [6.45, 7) is 2.70. The maximum absolute atomic E-state index is 12.9. The van der Waals surface area contributed by atoms with Gasteiger partial charge in [0, 0.05) is 60.7 Å². The molecule has 15 heteroatoms. The molecule has 1 aromatic carbocycles. The average molecular weight is 629 g/mol. The van der Waals surface area contributed by atoms with Crippen LogP contribution in [0.5, 0.6) is 5.75 Å². The van der Waals surface area contributed by atoms with Gasteiger partial charge in [0.15, 0.2) is 0 Å². The summed E-state index contributed by atoms with van der Waals surface area (Å²) in [6, 6.07) is 9.28. The highest BCUT2D eigenvalue weighted by molar-refractivity contribution is 7.18. The van der Waals surface area contributed by atoms with Gasteiger partial charge >= 0.3 is 6.18 Å². The molecule has 2 aliphatic heterocycles. The first-order chi connectivity index (χ1) is 21.1. The lowest BCUT2D eigenvalue weighted by Crippen LogP contribution is -2.54. The lowest BCUT2D eigenvalue weighted by molar-refractivity contribution is -0.161. The third-order valence-corrected chi connectivity index (χ3v) is 9.19. The van der Waals surface area contributed by atoms with E-state index in [1.807, 2.05) is 22.8 Å². The molecule has 0 bridgehead atoms. The lowest BCUT2D eigenvalue weighted by atomic mass is 10.0. The van der Waals surface area contributed by atoms with Gasteiger partial charge in [-0.1, -0.05) is 0 Å². The number of carbonyl (C=O) groups excluding carboxylic acids is 1. The highest BCUT2D eigenvalue weighted by atomic mass is 32.1. The molecule has 5 heterocycles. The van der Waals surface area contributed by atoms with E-state index in [-0.39, 0.29) is 36.0 Å². The number of anilines is 1. The Morgan fingerprint density at radius 3 is 2.73 bits per heavy atom. The standard InChI is InChI=1S/C29H31F3N8O3S/c1-43-25-9-24-17(7-20(11-33)39(24)14-21-12-34-26(41)15-40(21)42)6-18(25)13-38-4-2-19(3-5-38)37-27-23-8-22(10-29(30,31)32)44-28(23)36-16-35-27/h6-9,16,19,21,42H,2-5,10,12-15H2,1H3,(H,34,41)(H,35,36,37)/t21-/m1/s1. The van der Waals surface area contributed by atoms with Crippen molar-refractivity contribution in [2.75, 3.05) is 38.6 Å². The summed E-state index contributed by atoms with van der Waals surface area (Å²) in [5, 5.41) is 28.8. The van der Waals surface area contributed by atoms with E-state index in [4.69, 9.17) is 4.74 Å². The molecule has 0 aliphatic carbocycles. The fourth-order valence-corrected chi connectivity index (χ4v) is 6.98. The van der Waals surface area contributed by atoms with Gasteiger partial charge in [-0.3, -0.25) is 9.69 Å². The van der Waals surface area contributed by atoms with Crippen molar-refractivity contribution in [1.82, 2.24) is 29.8 Å². The van der Waals surface area contributed by atoms with Crippen LogP contribution in [-0.2, 0) is 24.3 Å². The number of nitriles is 1. The van der Waals surface area contributed by atoms with E-state index in [2.05, 4.69) is 31.6 Å². The Morgan fingerprint density at radius 2 is 2.02 bits per heavy atom. The molecule has 6 rings (SSSR count). The monoisotopic (exact) mass is 628 g/mol. The number of amides is 1. The molecule has 3 aromatic heterocycles. The molecule has 0 radical (unpaired) electrons. The number of hydrogen-bond acceptors (Lipinski definition) is 10. The van der Waals surface area contributed by atoms with Crippen molar-refractivity contribution >= 4 is 44.2 Å². The largest absolute Gasteiger partial charge is 0.496 e. The molecule has 2 saturated heterocycles. The number of hydroxylamine groups is 2. The fourth-order valence-electron chi connectivity index (χ4n) is 5.95. The number of nitrogens with one attached hydrogen (secondary N) is 2. The Morgan fingerprint density at radius 1 is 1.23 bits per heavy atom. The number of alkyl halides is 3. The van der Waals surface area contributed by atoms with Crippen LogP contribution < -0.4 is 15.4 Å². The van der Waals surface area contributed by atoms with Crippen LogP contribution in [0.4, 0.5) is 19.0 Å². The Kier molecular flexibility index (Phi) is 8.34. The third-order valence-electron chi connectivity index (χ3n) is 8.15. The first kappa shape index (κ1) is 30.1. The van der Waals surface area contributed by atoms with Crippen molar-refractivity contribution in [3.05, 3.63) is 46.7 Å². The van der Waals surface area contributed by atoms with Crippen molar-refractivity contribution in [2.45, 2.75) is 50.6 Å². The van der Waals surface area contributed by atoms with Crippen molar-refractivity contribution in [1.29, 1.82) is 5.26 Å². The molecule has 2 aliphatic rings. The summed E-state index contributed by atoms with van der Waals surface area (Å²) >= 11 is 1.04. The predicted octanol–water partition coefficient (Wildman–Crippen LogP) is 3.90. The maximum Gasteiger partial charge on any atom is 0.393 e. The number of methoxy groups -OCH3 is 1. The van der Waals surface area contributed by atoms with Gasteiger partial charge in [-0.15, -0.1) is 11.3 Å². The molecule has 2 fully saturated rings. The molecule has 0 unspecified atom stereocenters. The van der Waals surface area contributed by atoms with Gasteiger partial charge in [-0.05, 0) is 31.0 Å². The normalized spacial score (nSPS) is 18.9. The number of rotatable bonds is 8. The smallest absolute Gasteiger partial charge is 0.393 e. The number of thiophene rings is 1. The first-order valence-corrected chi connectivity index (χ1v) is 15.0. The van der Waals surface area contributed by atoms with E-state index < -0.39 is 12.6 Å². The number of hydrogen-bond donors (Lipinski definition) is 3. The molecule has 0 spiro atoms. The van der Waals surface area contributed by atoms with E-state index in [0.29, 0.717) is 40.6 Å². The average Bonchev–Trinajstić information content (AvgIpc) is 3.54. The van der Waals surface area contributed by atoms with Gasteiger partial charge in [0.1, 0.15) is 41.0 Å². The molecule has 232 valence electrons. The van der Waals surface area contributed by atoms with Crippen LogP contribution in [0.2, 0.25) is 0 Å². The Bertz CT molecular complexity index is 1720. The van der Waals surface area contributed by atoms with Crippen molar-refractivity contribution in [2.24, 2.45) is 0 Å². The van der Waals surface area contributed by atoms with Gasteiger partial charge in [0.25, 0.3) is 0 Å². The van der Waals surface area contributed by atoms with Crippen LogP contribution in [-0.4, -0.2) is 87.2 Å². The lowest BCUT2D eigenvalue weighted by Gasteiger charge is -2.33. The maximum atomic E-state index is 12.9. The van der Waals surface area contributed by atoms with Crippen molar-refractivity contribution in [3.8, 4) is 11.8 Å². The zero-order valence-electron chi connectivity index (χ0n) is 23.9. The molecule has 11 nitrogen and oxygen atoms in total. The van der Waals surface area contributed by atoms with Crippen LogP contribution in [0.3, 0.4) is 0 Å². The van der Waals surface area contributed by atoms with E-state index >= 15 is 0 Å². The summed E-state index contributed by atoms with van der Waals surface area (Å²) in [5.41, 5.74) is 2.24. The zero-order valence-corrected chi connectivity index (χ0v) is 24.7. The second-order valence-electron chi connectivity index (χ2n) is 11.2. The van der Waals surface area contributed by atoms with Gasteiger partial charge < -0.3 is 25.1 Å². The predicted molar refractivity (Wildman–Crippen MR) is 158 cm³/mol. The highest BCUT2D eigenvalue weighted by Crippen LogP contribution is 2.34. The van der Waals surface area contributed by atoms with Crippen LogP contribution in [0.25, 0.3) is 21.1 Å². The topological polar surface area (TPSA) is 132 Å². The fraction of sp³-hybridized carbons (Fsp3) is 0.448. The number of aromatic nitrogens is 3. The second-order valence-corrected chi connectivity index (χ2v) is 12.3. The van der Waals surface area contributed by atoms with Crippen LogP contribution in [0.15, 0.2) is 30.6 Å². The summed E-state index contributed by atoms with van der Waals surface area (Å²) in [5.74, 6) is 0.998. The Labute approximate surface area is 254 Å². The van der Waals surface area contributed by atoms with Crippen molar-refractivity contribution in [3.63, 3.8) is 0 Å².